The SMILES string of the molecule is Cc1ccc(O)c(C(=O)N2CCN(S(=O)(=O)c3cccc(Cl)c3Cl)CC2)c1. The molecule has 144 valence electrons. The van der Waals surface area contributed by atoms with Gasteiger partial charge in [-0.15, -0.1) is 0 Å². The van der Waals surface area contributed by atoms with Crippen LogP contribution in [0.15, 0.2) is 41.3 Å². The predicted octanol–water partition coefficient (Wildman–Crippen LogP) is 3.15. The van der Waals surface area contributed by atoms with Crippen molar-refractivity contribution in [1.82, 2.24) is 9.21 Å². The van der Waals surface area contributed by atoms with Crippen LogP contribution in [0.5, 0.6) is 5.75 Å². The molecule has 1 aliphatic heterocycles. The Morgan fingerprint density at radius 1 is 1.07 bits per heavy atom. The number of phenolic OH excluding ortho intramolecular Hbond substituents is 1. The Bertz CT molecular complexity index is 987. The van der Waals surface area contributed by atoms with E-state index in [4.69, 9.17) is 23.2 Å². The normalized spacial score (nSPS) is 15.7. The number of amides is 1. The van der Waals surface area contributed by atoms with Gasteiger partial charge in [-0.3, -0.25) is 4.79 Å². The molecule has 1 N–H and O–H groups in total. The van der Waals surface area contributed by atoms with Gasteiger partial charge in [0.05, 0.1) is 15.6 Å². The maximum absolute atomic E-state index is 12.8. The molecule has 0 saturated carbocycles. The standard InChI is InChI=1S/C18H18Cl2N2O4S/c1-12-5-6-15(23)13(11-12)18(24)21-7-9-22(10-8-21)27(25,26)16-4-2-3-14(19)17(16)20/h2-6,11,23H,7-10H2,1H3. The molecule has 9 heteroatoms. The summed E-state index contributed by atoms with van der Waals surface area (Å²) in [5.41, 5.74) is 1.07. The van der Waals surface area contributed by atoms with Gasteiger partial charge in [0.15, 0.2) is 0 Å². The van der Waals surface area contributed by atoms with Gasteiger partial charge < -0.3 is 10.0 Å². The van der Waals surface area contributed by atoms with E-state index >= 15 is 0 Å². The Kier molecular flexibility index (Phi) is 5.67. The van der Waals surface area contributed by atoms with E-state index in [0.29, 0.717) is 0 Å². The second kappa shape index (κ2) is 7.67. The summed E-state index contributed by atoms with van der Waals surface area (Å²) in [5, 5.41) is 10.1. The Morgan fingerprint density at radius 2 is 1.74 bits per heavy atom. The zero-order valence-corrected chi connectivity index (χ0v) is 16.9. The zero-order chi connectivity index (χ0) is 19.8. The predicted molar refractivity (Wildman–Crippen MR) is 104 cm³/mol. The number of benzene rings is 2. The lowest BCUT2D eigenvalue weighted by atomic mass is 10.1. The molecule has 0 radical (unpaired) electrons. The number of hydrogen-bond donors (Lipinski definition) is 1. The number of hydrogen-bond acceptors (Lipinski definition) is 4. The Balaban J connectivity index is 1.76. The van der Waals surface area contributed by atoms with Crippen LogP contribution in [0.25, 0.3) is 0 Å². The van der Waals surface area contributed by atoms with Crippen LogP contribution in [0.4, 0.5) is 0 Å². The minimum absolute atomic E-state index is 0.0117. The molecule has 6 nitrogen and oxygen atoms in total. The van der Waals surface area contributed by atoms with E-state index in [1.807, 2.05) is 6.92 Å². The van der Waals surface area contributed by atoms with Crippen molar-refractivity contribution in [2.45, 2.75) is 11.8 Å². The largest absolute Gasteiger partial charge is 0.507 e. The lowest BCUT2D eigenvalue weighted by molar-refractivity contribution is 0.0694. The van der Waals surface area contributed by atoms with Gasteiger partial charge in [0.25, 0.3) is 5.91 Å². The van der Waals surface area contributed by atoms with Gasteiger partial charge >= 0.3 is 0 Å². The molecule has 0 spiro atoms. The average molecular weight is 429 g/mol. The van der Waals surface area contributed by atoms with Crippen molar-refractivity contribution in [3.05, 3.63) is 57.6 Å². The summed E-state index contributed by atoms with van der Waals surface area (Å²) in [4.78, 5) is 14.1. The van der Waals surface area contributed by atoms with Crippen molar-refractivity contribution in [1.29, 1.82) is 0 Å². The van der Waals surface area contributed by atoms with Crippen LogP contribution in [0.2, 0.25) is 10.0 Å². The van der Waals surface area contributed by atoms with Crippen molar-refractivity contribution in [2.24, 2.45) is 0 Å². The van der Waals surface area contributed by atoms with Crippen molar-refractivity contribution < 1.29 is 18.3 Å². The van der Waals surface area contributed by atoms with Gasteiger partial charge in [0.2, 0.25) is 10.0 Å². The van der Waals surface area contributed by atoms with E-state index in [1.54, 1.807) is 12.1 Å². The van der Waals surface area contributed by atoms with Crippen LogP contribution >= 0.6 is 23.2 Å². The van der Waals surface area contributed by atoms with E-state index < -0.39 is 10.0 Å². The van der Waals surface area contributed by atoms with Gasteiger partial charge in [-0.2, -0.15) is 4.31 Å². The Hall–Kier alpha value is -1.80. The number of carbonyl (C=O) groups is 1. The van der Waals surface area contributed by atoms with E-state index in [0.717, 1.165) is 5.56 Å². The zero-order valence-electron chi connectivity index (χ0n) is 14.5. The molecular formula is C18H18Cl2N2O4S. The molecule has 1 saturated heterocycles. The van der Waals surface area contributed by atoms with Gasteiger partial charge in [-0.1, -0.05) is 40.9 Å². The van der Waals surface area contributed by atoms with Crippen LogP contribution in [-0.4, -0.2) is 54.8 Å². The summed E-state index contributed by atoms with van der Waals surface area (Å²) >= 11 is 12.0. The van der Waals surface area contributed by atoms with Crippen LogP contribution < -0.4 is 0 Å². The number of aromatic hydroxyl groups is 1. The van der Waals surface area contributed by atoms with Crippen molar-refractivity contribution in [2.75, 3.05) is 26.2 Å². The highest BCUT2D eigenvalue weighted by Gasteiger charge is 2.32. The van der Waals surface area contributed by atoms with E-state index in [-0.39, 0.29) is 58.3 Å². The highest BCUT2D eigenvalue weighted by atomic mass is 35.5. The molecule has 0 aromatic heterocycles. The molecule has 1 aliphatic rings. The van der Waals surface area contributed by atoms with E-state index in [1.165, 1.54) is 33.5 Å². The third kappa shape index (κ3) is 3.91. The van der Waals surface area contributed by atoms with Crippen LogP contribution in [0, 0.1) is 6.92 Å². The number of halogens is 2. The first-order valence-corrected chi connectivity index (χ1v) is 10.4. The van der Waals surface area contributed by atoms with Crippen molar-refractivity contribution >= 4 is 39.1 Å². The van der Waals surface area contributed by atoms with Gasteiger partial charge in [-0.25, -0.2) is 8.42 Å². The Morgan fingerprint density at radius 3 is 2.41 bits per heavy atom. The fourth-order valence-corrected chi connectivity index (χ4v) is 5.10. The first kappa shape index (κ1) is 19.9. The summed E-state index contributed by atoms with van der Waals surface area (Å²) < 4.78 is 27.0. The molecule has 0 atom stereocenters. The van der Waals surface area contributed by atoms with Crippen molar-refractivity contribution in [3.8, 4) is 5.75 Å². The minimum atomic E-state index is -3.81. The lowest BCUT2D eigenvalue weighted by Crippen LogP contribution is -2.50. The number of sulfonamides is 1. The summed E-state index contributed by atoms with van der Waals surface area (Å²) in [6, 6.07) is 9.27. The fraction of sp³-hybridized carbons (Fsp3) is 0.278. The van der Waals surface area contributed by atoms with Gasteiger partial charge in [0, 0.05) is 26.2 Å². The average Bonchev–Trinajstić information content (AvgIpc) is 2.65. The first-order chi connectivity index (χ1) is 12.7. The molecule has 1 heterocycles. The lowest BCUT2D eigenvalue weighted by Gasteiger charge is -2.34. The number of rotatable bonds is 3. The summed E-state index contributed by atoms with van der Waals surface area (Å²) in [6.45, 7) is 2.51. The van der Waals surface area contributed by atoms with Crippen LogP contribution in [-0.2, 0) is 10.0 Å². The molecule has 1 amide bonds. The number of carbonyl (C=O) groups excluding carboxylic acids is 1. The van der Waals surface area contributed by atoms with E-state index in [9.17, 15) is 18.3 Å². The fourth-order valence-electron chi connectivity index (χ4n) is 2.95. The molecule has 0 aliphatic carbocycles. The molecule has 2 aromatic rings. The molecule has 0 unspecified atom stereocenters. The smallest absolute Gasteiger partial charge is 0.257 e. The molecule has 1 fully saturated rings. The minimum Gasteiger partial charge on any atom is -0.507 e. The molecule has 2 aromatic carbocycles. The Labute approximate surface area is 168 Å². The third-order valence-electron chi connectivity index (χ3n) is 4.44. The molecule has 0 bridgehead atoms. The quantitative estimate of drug-likeness (QED) is 0.813. The first-order valence-electron chi connectivity index (χ1n) is 8.25. The summed E-state index contributed by atoms with van der Waals surface area (Å²) in [6.07, 6.45) is 0. The highest BCUT2D eigenvalue weighted by Crippen LogP contribution is 2.31. The number of aryl methyl sites for hydroxylation is 1. The number of nitrogens with zero attached hydrogens (tertiary/aromatic N) is 2. The van der Waals surface area contributed by atoms with E-state index in [2.05, 4.69) is 0 Å². The molecular weight excluding hydrogens is 411 g/mol. The maximum atomic E-state index is 12.8. The van der Waals surface area contributed by atoms with Gasteiger partial charge in [-0.05, 0) is 31.2 Å². The van der Waals surface area contributed by atoms with Crippen molar-refractivity contribution in [3.63, 3.8) is 0 Å². The highest BCUT2D eigenvalue weighted by molar-refractivity contribution is 7.89. The molecule has 3 rings (SSSR count). The number of piperazine rings is 1. The topological polar surface area (TPSA) is 77.9 Å². The molecule has 27 heavy (non-hydrogen) atoms. The van der Waals surface area contributed by atoms with Gasteiger partial charge in [0.1, 0.15) is 10.6 Å². The summed E-state index contributed by atoms with van der Waals surface area (Å²) in [7, 11) is -3.81. The monoisotopic (exact) mass is 428 g/mol. The summed E-state index contributed by atoms with van der Waals surface area (Å²) in [5.74, 6) is -0.416. The number of phenols is 1. The van der Waals surface area contributed by atoms with Crippen LogP contribution in [0.3, 0.4) is 0 Å². The second-order valence-electron chi connectivity index (χ2n) is 6.27. The maximum Gasteiger partial charge on any atom is 0.257 e. The second-order valence-corrected chi connectivity index (χ2v) is 8.96. The van der Waals surface area contributed by atoms with Crippen LogP contribution in [0.1, 0.15) is 15.9 Å². The third-order valence-corrected chi connectivity index (χ3v) is 7.31.